The van der Waals surface area contributed by atoms with Crippen LogP contribution in [0.25, 0.3) is 0 Å². The Labute approximate surface area is 76.3 Å². The number of carboxylic acid groups (broad SMARTS) is 1. The summed E-state index contributed by atoms with van der Waals surface area (Å²) in [4.78, 5) is 10.6. The summed E-state index contributed by atoms with van der Waals surface area (Å²) in [6, 6.07) is -0.995. The molecular formula is C6H12N2O4S. The van der Waals surface area contributed by atoms with Crippen molar-refractivity contribution < 1.29 is 19.2 Å². The molecule has 7 heteroatoms. The van der Waals surface area contributed by atoms with Crippen molar-refractivity contribution in [2.45, 2.75) is 18.6 Å². The first-order valence-corrected chi connectivity index (χ1v) is 5.66. The second kappa shape index (κ2) is 3.24. The molecule has 1 aliphatic rings. The van der Waals surface area contributed by atoms with E-state index in [1.165, 1.54) is 0 Å². The summed E-state index contributed by atoms with van der Waals surface area (Å²) in [6.07, 6.45) is 0.396. The average Bonchev–Trinajstić information content (AvgIpc) is 2.29. The van der Waals surface area contributed by atoms with Gasteiger partial charge in [0, 0.05) is 19.2 Å². The van der Waals surface area contributed by atoms with E-state index in [2.05, 4.69) is 0 Å². The monoisotopic (exact) mass is 208 g/mol. The number of aliphatic carboxylic acids is 1. The Hall–Kier alpha value is -0.660. The van der Waals surface area contributed by atoms with Gasteiger partial charge in [-0.15, -0.1) is 0 Å². The van der Waals surface area contributed by atoms with E-state index in [-0.39, 0.29) is 13.0 Å². The number of carbonyl (C=O) groups is 1. The molecule has 3 N–H and O–H groups in total. The summed E-state index contributed by atoms with van der Waals surface area (Å²) in [5.41, 5.74) is 0. The number of β-amino-alcohol motifs (C(OH)–C–C–N with tert-alkyl or cyclic N) is 1. The lowest BCUT2D eigenvalue weighted by molar-refractivity contribution is -0.140. The molecule has 0 aromatic heterocycles. The standard InChI is InChI=1S/C6H12N2O4S/c1-13(7,12)8-3-4(9)2-5(8)6(10)11/h4-5,7,9H,2-3H2,1H3,(H,10,11)/t4-,5-,13?/m0/s1. The van der Waals surface area contributed by atoms with Crippen molar-refractivity contribution in [3.05, 3.63) is 0 Å². The minimum atomic E-state index is -3.04. The van der Waals surface area contributed by atoms with Crippen LogP contribution in [0.5, 0.6) is 0 Å². The molecule has 0 aromatic carbocycles. The van der Waals surface area contributed by atoms with Crippen molar-refractivity contribution in [2.75, 3.05) is 12.8 Å². The Balaban J connectivity index is 2.91. The van der Waals surface area contributed by atoms with Gasteiger partial charge in [0.05, 0.1) is 6.10 Å². The van der Waals surface area contributed by atoms with E-state index < -0.39 is 28.0 Å². The number of carboxylic acids is 1. The fraction of sp³-hybridized carbons (Fsp3) is 0.833. The SMILES string of the molecule is CS(=N)(=O)N1C[C@@H](O)C[C@H]1C(=O)O. The molecular weight excluding hydrogens is 196 g/mol. The Morgan fingerprint density at radius 3 is 2.54 bits per heavy atom. The summed E-state index contributed by atoms with van der Waals surface area (Å²) in [6.45, 7) is -0.00417. The maximum absolute atomic E-state index is 11.3. The van der Waals surface area contributed by atoms with Crippen LogP contribution in [0.15, 0.2) is 0 Å². The van der Waals surface area contributed by atoms with Crippen molar-refractivity contribution in [1.29, 1.82) is 4.78 Å². The molecule has 1 rings (SSSR count). The topological polar surface area (TPSA) is 102 Å². The summed E-state index contributed by atoms with van der Waals surface area (Å²) in [5.74, 6) is -1.14. The Morgan fingerprint density at radius 1 is 1.69 bits per heavy atom. The maximum Gasteiger partial charge on any atom is 0.322 e. The molecule has 0 spiro atoms. The van der Waals surface area contributed by atoms with Gasteiger partial charge in [0.25, 0.3) is 0 Å². The first-order chi connectivity index (χ1) is 5.82. The van der Waals surface area contributed by atoms with Crippen molar-refractivity contribution in [3.8, 4) is 0 Å². The van der Waals surface area contributed by atoms with E-state index in [1.807, 2.05) is 0 Å². The van der Waals surface area contributed by atoms with E-state index in [1.54, 1.807) is 0 Å². The number of aliphatic hydroxyl groups excluding tert-OH is 1. The highest BCUT2D eigenvalue weighted by atomic mass is 32.2. The molecule has 0 radical (unpaired) electrons. The van der Waals surface area contributed by atoms with Gasteiger partial charge in [-0.1, -0.05) is 0 Å². The molecule has 1 heterocycles. The lowest BCUT2D eigenvalue weighted by Gasteiger charge is -2.19. The van der Waals surface area contributed by atoms with Crippen LogP contribution in [-0.2, 0) is 14.7 Å². The van der Waals surface area contributed by atoms with E-state index in [0.29, 0.717) is 0 Å². The minimum Gasteiger partial charge on any atom is -0.480 e. The molecule has 0 saturated carbocycles. The summed E-state index contributed by atoms with van der Waals surface area (Å²) in [7, 11) is -3.04. The first-order valence-electron chi connectivity index (χ1n) is 3.74. The normalized spacial score (nSPS) is 34.3. The lowest BCUT2D eigenvalue weighted by atomic mass is 10.2. The van der Waals surface area contributed by atoms with E-state index in [0.717, 1.165) is 10.6 Å². The maximum atomic E-state index is 11.3. The van der Waals surface area contributed by atoms with Gasteiger partial charge in [-0.25, -0.2) is 13.3 Å². The van der Waals surface area contributed by atoms with Gasteiger partial charge in [0.1, 0.15) is 16.0 Å². The average molecular weight is 208 g/mol. The van der Waals surface area contributed by atoms with Gasteiger partial charge in [-0.2, -0.15) is 0 Å². The Kier molecular flexibility index (Phi) is 2.60. The van der Waals surface area contributed by atoms with Gasteiger partial charge in [-0.3, -0.25) is 4.79 Å². The van der Waals surface area contributed by atoms with Crippen LogP contribution in [0, 0.1) is 4.78 Å². The molecule has 1 saturated heterocycles. The van der Waals surface area contributed by atoms with Crippen LogP contribution in [0.1, 0.15) is 6.42 Å². The van der Waals surface area contributed by atoms with Crippen molar-refractivity contribution >= 4 is 15.9 Å². The highest BCUT2D eigenvalue weighted by Crippen LogP contribution is 2.21. The van der Waals surface area contributed by atoms with Crippen LogP contribution < -0.4 is 0 Å². The zero-order valence-electron chi connectivity index (χ0n) is 7.14. The summed E-state index contributed by atoms with van der Waals surface area (Å²) < 4.78 is 19.5. The molecule has 1 fully saturated rings. The van der Waals surface area contributed by atoms with Crippen LogP contribution in [0.4, 0.5) is 0 Å². The number of nitrogens with one attached hydrogen (secondary N) is 1. The molecule has 76 valence electrons. The smallest absolute Gasteiger partial charge is 0.322 e. The Morgan fingerprint density at radius 2 is 2.23 bits per heavy atom. The summed E-state index contributed by atoms with van der Waals surface area (Å²) in [5, 5.41) is 17.9. The number of hydrogen-bond acceptors (Lipinski definition) is 4. The van der Waals surface area contributed by atoms with Gasteiger partial charge in [0.15, 0.2) is 0 Å². The van der Waals surface area contributed by atoms with Crippen LogP contribution in [0.2, 0.25) is 0 Å². The lowest BCUT2D eigenvalue weighted by Crippen LogP contribution is -2.39. The van der Waals surface area contributed by atoms with Crippen LogP contribution in [0.3, 0.4) is 0 Å². The van der Waals surface area contributed by atoms with Crippen LogP contribution in [-0.4, -0.2) is 49.6 Å². The number of rotatable bonds is 2. The quantitative estimate of drug-likeness (QED) is 0.547. The molecule has 0 bridgehead atoms. The molecule has 1 aliphatic heterocycles. The minimum absolute atomic E-state index is 0.00417. The highest BCUT2D eigenvalue weighted by molar-refractivity contribution is 7.89. The fourth-order valence-electron chi connectivity index (χ4n) is 1.39. The predicted octanol–water partition coefficient (Wildman–Crippen LogP) is -0.902. The predicted molar refractivity (Wildman–Crippen MR) is 45.5 cm³/mol. The largest absolute Gasteiger partial charge is 0.480 e. The van der Waals surface area contributed by atoms with Crippen LogP contribution >= 0.6 is 0 Å². The van der Waals surface area contributed by atoms with E-state index in [4.69, 9.17) is 15.0 Å². The third-order valence-corrected chi connectivity index (χ3v) is 3.26. The van der Waals surface area contributed by atoms with Gasteiger partial charge >= 0.3 is 5.97 Å². The van der Waals surface area contributed by atoms with Gasteiger partial charge < -0.3 is 10.2 Å². The molecule has 0 aliphatic carbocycles. The third kappa shape index (κ3) is 2.17. The molecule has 6 nitrogen and oxygen atoms in total. The third-order valence-electron chi connectivity index (χ3n) is 1.97. The van der Waals surface area contributed by atoms with Gasteiger partial charge in [-0.05, 0) is 0 Å². The zero-order chi connectivity index (χ0) is 10.2. The number of nitrogens with zero attached hydrogens (tertiary/aromatic N) is 1. The fourth-order valence-corrected chi connectivity index (χ4v) is 2.51. The molecule has 0 amide bonds. The highest BCUT2D eigenvalue weighted by Gasteiger charge is 2.39. The van der Waals surface area contributed by atoms with E-state index >= 15 is 0 Å². The van der Waals surface area contributed by atoms with Crippen molar-refractivity contribution in [2.24, 2.45) is 0 Å². The van der Waals surface area contributed by atoms with Crippen molar-refractivity contribution in [1.82, 2.24) is 4.31 Å². The number of aliphatic hydroxyl groups is 1. The molecule has 13 heavy (non-hydrogen) atoms. The summed E-state index contributed by atoms with van der Waals surface area (Å²) >= 11 is 0. The molecule has 1 unspecified atom stereocenters. The first kappa shape index (κ1) is 10.4. The second-order valence-corrected chi connectivity index (χ2v) is 5.22. The zero-order valence-corrected chi connectivity index (χ0v) is 7.95. The van der Waals surface area contributed by atoms with E-state index in [9.17, 15) is 9.00 Å². The second-order valence-electron chi connectivity index (χ2n) is 3.15. The molecule has 0 aromatic rings. The number of hydrogen-bond donors (Lipinski definition) is 3. The van der Waals surface area contributed by atoms with Crippen molar-refractivity contribution in [3.63, 3.8) is 0 Å². The van der Waals surface area contributed by atoms with Gasteiger partial charge in [0.2, 0.25) is 0 Å². The molecule has 3 atom stereocenters. The Bertz CT molecular complexity index is 313.